The van der Waals surface area contributed by atoms with E-state index in [1.54, 1.807) is 11.8 Å². The van der Waals surface area contributed by atoms with Crippen molar-refractivity contribution in [1.29, 1.82) is 0 Å². The van der Waals surface area contributed by atoms with Crippen molar-refractivity contribution < 1.29 is 18.7 Å². The number of aromatic nitrogens is 2. The Bertz CT molecular complexity index is 1800. The highest BCUT2D eigenvalue weighted by atomic mass is 35.5. The molecule has 1 spiro atoms. The van der Waals surface area contributed by atoms with Crippen molar-refractivity contribution >= 4 is 43.3 Å². The highest BCUT2D eigenvalue weighted by Gasteiger charge is 2.47. The van der Waals surface area contributed by atoms with Gasteiger partial charge in [-0.2, -0.15) is 0 Å². The van der Waals surface area contributed by atoms with Crippen molar-refractivity contribution in [3.05, 3.63) is 88.7 Å². The van der Waals surface area contributed by atoms with Gasteiger partial charge in [-0.15, -0.1) is 0 Å². The van der Waals surface area contributed by atoms with Crippen molar-refractivity contribution in [3.63, 3.8) is 0 Å². The Balaban J connectivity index is 1.16. The van der Waals surface area contributed by atoms with E-state index in [9.17, 15) is 4.79 Å². The molecule has 7 rings (SSSR count). The summed E-state index contributed by atoms with van der Waals surface area (Å²) in [7, 11) is -0.626. The molecule has 0 bridgehead atoms. The average Bonchev–Trinajstić information content (AvgIpc) is 3.25. The molecule has 7 nitrogen and oxygen atoms in total. The molecule has 2 aromatic carbocycles. The second kappa shape index (κ2) is 15.7. The molecule has 0 amide bonds. The average molecular weight is 775 g/mol. The SMILES string of the molecule is COC(=O)c1ccc2c(c1)N(C[C@@H]1CC[C@H]1C(/C=C\[C@H]1CC[C@@H]1CSc1ncccn1)O[Si](C)(C)C(C)(C)C)C[C@@]1(CCCc3cc(Cl)ccc31)CO2. The molecule has 1 aliphatic heterocycles. The zero-order valence-electron chi connectivity index (χ0n) is 32.3. The Morgan fingerprint density at radius 2 is 1.91 bits per heavy atom. The largest absolute Gasteiger partial charge is 0.490 e. The van der Waals surface area contributed by atoms with E-state index in [0.717, 1.165) is 72.6 Å². The molecule has 53 heavy (non-hydrogen) atoms. The van der Waals surface area contributed by atoms with Crippen LogP contribution in [-0.2, 0) is 21.0 Å². The Morgan fingerprint density at radius 3 is 2.60 bits per heavy atom. The number of allylic oxidation sites excluding steroid dienone is 1. The first kappa shape index (κ1) is 38.4. The number of benzene rings is 2. The number of anilines is 1. The molecule has 2 fully saturated rings. The van der Waals surface area contributed by atoms with Gasteiger partial charge >= 0.3 is 5.97 Å². The summed E-state index contributed by atoms with van der Waals surface area (Å²) in [4.78, 5) is 24.2. The lowest BCUT2D eigenvalue weighted by Crippen LogP contribution is -2.52. The summed E-state index contributed by atoms with van der Waals surface area (Å²) in [6.45, 7) is 14.1. The third-order valence-corrected chi connectivity index (χ3v) is 18.8. The lowest BCUT2D eigenvalue weighted by atomic mass is 9.68. The van der Waals surface area contributed by atoms with Crippen LogP contribution in [0, 0.1) is 23.7 Å². The summed E-state index contributed by atoms with van der Waals surface area (Å²) >= 11 is 8.29. The van der Waals surface area contributed by atoms with Gasteiger partial charge in [0.2, 0.25) is 0 Å². The van der Waals surface area contributed by atoms with E-state index in [0.29, 0.717) is 35.8 Å². The quantitative estimate of drug-likeness (QED) is 0.0627. The minimum absolute atomic E-state index is 0.0663. The molecule has 2 heterocycles. The number of ether oxygens (including phenoxy) is 2. The number of carbonyl (C=O) groups excluding carboxylic acids is 1. The van der Waals surface area contributed by atoms with E-state index in [1.165, 1.54) is 31.1 Å². The summed E-state index contributed by atoms with van der Waals surface area (Å²) in [5.41, 5.74) is 4.02. The van der Waals surface area contributed by atoms with Crippen molar-refractivity contribution in [2.75, 3.05) is 37.5 Å². The number of thioether (sulfide) groups is 1. The molecule has 1 unspecified atom stereocenters. The number of esters is 1. The third kappa shape index (κ3) is 8.24. The summed E-state index contributed by atoms with van der Waals surface area (Å²) in [5, 5.41) is 1.76. The summed E-state index contributed by atoms with van der Waals surface area (Å²) < 4.78 is 19.2. The lowest BCUT2D eigenvalue weighted by Gasteiger charge is -2.48. The molecule has 0 N–H and O–H groups in total. The van der Waals surface area contributed by atoms with E-state index in [4.69, 9.17) is 25.5 Å². The normalized spacial score (nSPS) is 26.1. The first-order valence-corrected chi connectivity index (χ1v) is 23.8. The minimum Gasteiger partial charge on any atom is -0.490 e. The highest BCUT2D eigenvalue weighted by molar-refractivity contribution is 7.99. The zero-order valence-corrected chi connectivity index (χ0v) is 34.8. The molecular formula is C43H56ClN3O4SSi. The molecule has 0 saturated heterocycles. The first-order valence-electron chi connectivity index (χ1n) is 19.5. The van der Waals surface area contributed by atoms with Crippen LogP contribution in [0.2, 0.25) is 23.2 Å². The first-order chi connectivity index (χ1) is 25.4. The molecule has 0 radical (unpaired) electrons. The molecule has 2 saturated carbocycles. The van der Waals surface area contributed by atoms with Crippen LogP contribution in [0.4, 0.5) is 5.69 Å². The smallest absolute Gasteiger partial charge is 0.337 e. The maximum Gasteiger partial charge on any atom is 0.337 e. The maximum atomic E-state index is 12.8. The molecular weight excluding hydrogens is 718 g/mol. The summed E-state index contributed by atoms with van der Waals surface area (Å²) in [6.07, 6.45) is 16.6. The summed E-state index contributed by atoms with van der Waals surface area (Å²) in [6, 6.07) is 14.1. The van der Waals surface area contributed by atoms with Crippen LogP contribution in [-0.4, -0.2) is 62.9 Å². The predicted octanol–water partition coefficient (Wildman–Crippen LogP) is 10.2. The van der Waals surface area contributed by atoms with Gasteiger partial charge in [-0.3, -0.25) is 0 Å². The number of hydrogen-bond acceptors (Lipinski definition) is 8. The van der Waals surface area contributed by atoms with Gasteiger partial charge in [-0.1, -0.05) is 62.4 Å². The van der Waals surface area contributed by atoms with Gasteiger partial charge in [-0.25, -0.2) is 14.8 Å². The van der Waals surface area contributed by atoms with Crippen LogP contribution < -0.4 is 9.64 Å². The van der Waals surface area contributed by atoms with E-state index >= 15 is 0 Å². The second-order valence-corrected chi connectivity index (χ2v) is 23.5. The van der Waals surface area contributed by atoms with E-state index in [2.05, 4.69) is 73.0 Å². The van der Waals surface area contributed by atoms with E-state index < -0.39 is 8.32 Å². The zero-order chi connectivity index (χ0) is 37.4. The number of fused-ring (bicyclic) bond motifs is 3. The number of methoxy groups -OCH3 is 1. The number of aryl methyl sites for hydroxylation is 1. The molecule has 1 aromatic heterocycles. The number of carbonyl (C=O) groups is 1. The maximum absolute atomic E-state index is 12.8. The van der Waals surface area contributed by atoms with Gasteiger partial charge in [-0.05, 0) is 134 Å². The number of rotatable bonds is 11. The monoisotopic (exact) mass is 773 g/mol. The molecule has 10 heteroatoms. The molecule has 6 atom stereocenters. The molecule has 3 aromatic rings. The van der Waals surface area contributed by atoms with Crippen molar-refractivity contribution in [2.24, 2.45) is 23.7 Å². The fourth-order valence-electron chi connectivity index (χ4n) is 8.53. The predicted molar refractivity (Wildman–Crippen MR) is 218 cm³/mol. The standard InChI is InChI=1S/C43H56ClN3O4SSi/c1-42(2,3)53(5,6)51-38(18-13-29-10-11-33(29)26-52-41-45-21-8-22-46-41)35-16-12-32(35)25-47-27-43(20-7-9-30-23-34(44)15-17-36(30)43)28-50-39-19-14-31(24-37(39)47)40(48)49-4/h8,13-15,17-19,21-24,29,32-33,35,38H,7,9-12,16,20,25-28H2,1-6H3/b18-13-/t29-,32+,33-,35-,38?,43+/m1/s1. The van der Waals surface area contributed by atoms with Gasteiger partial charge in [0.15, 0.2) is 13.5 Å². The number of hydrogen-bond donors (Lipinski definition) is 0. The van der Waals surface area contributed by atoms with Crippen LogP contribution in [0.15, 0.2) is 72.2 Å². The van der Waals surface area contributed by atoms with Crippen molar-refractivity contribution in [3.8, 4) is 5.75 Å². The third-order valence-electron chi connectivity index (χ3n) is 13.0. The minimum atomic E-state index is -2.07. The number of halogens is 1. The van der Waals surface area contributed by atoms with Gasteiger partial charge in [0.25, 0.3) is 0 Å². The van der Waals surface area contributed by atoms with Crippen LogP contribution in [0.3, 0.4) is 0 Å². The van der Waals surface area contributed by atoms with Crippen molar-refractivity contribution in [1.82, 2.24) is 9.97 Å². The topological polar surface area (TPSA) is 73.8 Å². The lowest BCUT2D eigenvalue weighted by molar-refractivity contribution is 0.0519. The van der Waals surface area contributed by atoms with Gasteiger partial charge in [0.05, 0.1) is 31.1 Å². The summed E-state index contributed by atoms with van der Waals surface area (Å²) in [5.74, 6) is 3.58. The molecule has 3 aliphatic carbocycles. The van der Waals surface area contributed by atoms with Crippen LogP contribution in [0.1, 0.15) is 80.8 Å². The van der Waals surface area contributed by atoms with Crippen LogP contribution in [0.25, 0.3) is 0 Å². The van der Waals surface area contributed by atoms with Gasteiger partial charge in [0, 0.05) is 41.7 Å². The molecule has 4 aliphatic rings. The van der Waals surface area contributed by atoms with E-state index in [-0.39, 0.29) is 22.5 Å². The fourth-order valence-corrected chi connectivity index (χ4v) is 11.1. The Morgan fingerprint density at radius 1 is 1.11 bits per heavy atom. The molecule has 284 valence electrons. The number of nitrogens with zero attached hydrogens (tertiary/aromatic N) is 3. The van der Waals surface area contributed by atoms with E-state index in [1.807, 2.05) is 42.7 Å². The highest BCUT2D eigenvalue weighted by Crippen LogP contribution is 2.49. The van der Waals surface area contributed by atoms with Crippen molar-refractivity contribution in [2.45, 2.75) is 101 Å². The Kier molecular flexibility index (Phi) is 11.4. The Hall–Kier alpha value is -2.85. The van der Waals surface area contributed by atoms with Gasteiger partial charge < -0.3 is 18.8 Å². The Labute approximate surface area is 326 Å². The fraction of sp³-hybridized carbons (Fsp3) is 0.558. The van der Waals surface area contributed by atoms with Crippen LogP contribution in [0.5, 0.6) is 5.75 Å². The second-order valence-electron chi connectivity index (χ2n) is 17.4. The van der Waals surface area contributed by atoms with Gasteiger partial charge in [0.1, 0.15) is 5.75 Å². The van der Waals surface area contributed by atoms with Crippen LogP contribution >= 0.6 is 23.4 Å².